The van der Waals surface area contributed by atoms with Crippen LogP contribution in [0.5, 0.6) is 0 Å². The fraction of sp³-hybridized carbons (Fsp3) is 0.538. The van der Waals surface area contributed by atoms with Crippen molar-refractivity contribution in [3.05, 3.63) is 29.8 Å². The Bertz CT molecular complexity index is 337. The smallest absolute Gasteiger partial charge is 0.0434 e. The summed E-state index contributed by atoms with van der Waals surface area (Å²) in [4.78, 5) is 2.30. The number of anilines is 1. The molecule has 0 aromatic heterocycles. The topological polar surface area (TPSA) is 23.5 Å². The molecule has 1 aromatic rings. The molecule has 0 bridgehead atoms. The number of fused-ring (bicyclic) bond motifs is 1. The summed E-state index contributed by atoms with van der Waals surface area (Å²) in [7, 11) is 2.13. The zero-order valence-corrected chi connectivity index (χ0v) is 9.48. The number of hydrogen-bond acceptors (Lipinski definition) is 2. The van der Waals surface area contributed by atoms with E-state index in [1.807, 2.05) is 0 Å². The van der Waals surface area contributed by atoms with Gasteiger partial charge in [-0.05, 0) is 29.9 Å². The fourth-order valence-corrected chi connectivity index (χ4v) is 2.59. The van der Waals surface area contributed by atoms with Gasteiger partial charge in [-0.25, -0.2) is 0 Å². The van der Waals surface area contributed by atoms with Crippen LogP contribution in [0, 0.1) is 5.92 Å². The normalized spacial score (nSPS) is 25.1. The van der Waals surface area contributed by atoms with Crippen LogP contribution in [-0.4, -0.2) is 25.3 Å². The van der Waals surface area contributed by atoms with Gasteiger partial charge in [-0.15, -0.1) is 0 Å². The maximum atomic E-state index is 9.05. The van der Waals surface area contributed by atoms with Gasteiger partial charge in [0.2, 0.25) is 0 Å². The van der Waals surface area contributed by atoms with Crippen molar-refractivity contribution >= 4 is 5.69 Å². The third-order valence-corrected chi connectivity index (χ3v) is 3.55. The van der Waals surface area contributed by atoms with Gasteiger partial charge in [0, 0.05) is 25.9 Å². The molecule has 2 nitrogen and oxygen atoms in total. The van der Waals surface area contributed by atoms with Gasteiger partial charge in [-0.2, -0.15) is 0 Å². The molecule has 2 rings (SSSR count). The van der Waals surface area contributed by atoms with Gasteiger partial charge in [0.25, 0.3) is 0 Å². The summed E-state index contributed by atoms with van der Waals surface area (Å²) >= 11 is 0. The Kier molecular flexibility index (Phi) is 2.96. The second-order valence-corrected chi connectivity index (χ2v) is 4.50. The quantitative estimate of drug-likeness (QED) is 0.800. The number of para-hydroxylation sites is 1. The van der Waals surface area contributed by atoms with Crippen molar-refractivity contribution in [3.63, 3.8) is 0 Å². The van der Waals surface area contributed by atoms with Crippen molar-refractivity contribution in [2.24, 2.45) is 5.92 Å². The molecule has 15 heavy (non-hydrogen) atoms. The third kappa shape index (κ3) is 1.86. The maximum Gasteiger partial charge on any atom is 0.0434 e. The van der Waals surface area contributed by atoms with E-state index in [2.05, 4.69) is 43.1 Å². The predicted molar refractivity (Wildman–Crippen MR) is 63.3 cm³/mol. The summed E-state index contributed by atoms with van der Waals surface area (Å²) in [6.45, 7) is 3.62. The summed E-state index contributed by atoms with van der Waals surface area (Å²) in [5.41, 5.74) is 2.77. The Morgan fingerprint density at radius 1 is 1.40 bits per heavy atom. The molecule has 0 radical (unpaired) electrons. The first-order valence-electron chi connectivity index (χ1n) is 5.65. The number of nitrogens with zero attached hydrogens (tertiary/aromatic N) is 1. The van der Waals surface area contributed by atoms with Crippen LogP contribution in [0.15, 0.2) is 24.3 Å². The molecule has 1 aromatic carbocycles. The minimum absolute atomic E-state index is 0.297. The van der Waals surface area contributed by atoms with E-state index in [1.165, 1.54) is 11.3 Å². The van der Waals surface area contributed by atoms with Gasteiger partial charge < -0.3 is 10.0 Å². The first-order chi connectivity index (χ1) is 7.24. The van der Waals surface area contributed by atoms with Gasteiger partial charge in [-0.3, -0.25) is 0 Å². The molecule has 2 heteroatoms. The number of benzene rings is 1. The molecule has 0 saturated carbocycles. The number of aliphatic hydroxyl groups is 1. The largest absolute Gasteiger partial charge is 0.396 e. The van der Waals surface area contributed by atoms with Gasteiger partial charge >= 0.3 is 0 Å². The lowest BCUT2D eigenvalue weighted by Gasteiger charge is -2.37. The average molecular weight is 205 g/mol. The lowest BCUT2D eigenvalue weighted by atomic mass is 9.81. The van der Waals surface area contributed by atoms with Crippen LogP contribution < -0.4 is 4.90 Å². The van der Waals surface area contributed by atoms with E-state index < -0.39 is 0 Å². The van der Waals surface area contributed by atoms with E-state index in [9.17, 15) is 0 Å². The van der Waals surface area contributed by atoms with Crippen molar-refractivity contribution in [2.45, 2.75) is 19.3 Å². The summed E-state index contributed by atoms with van der Waals surface area (Å²) in [5.74, 6) is 1.14. The standard InChI is InChI=1S/C13H19NO/c1-10-11(7-8-15)9-14(2)13-6-4-3-5-12(10)13/h3-6,10-11,15H,7-9H2,1-2H3. The summed E-state index contributed by atoms with van der Waals surface area (Å²) < 4.78 is 0. The molecule has 0 spiro atoms. The molecule has 0 saturated heterocycles. The molecule has 0 fully saturated rings. The number of aliphatic hydroxyl groups excluding tert-OH is 1. The summed E-state index contributed by atoms with van der Waals surface area (Å²) in [6.07, 6.45) is 0.903. The van der Waals surface area contributed by atoms with Crippen molar-refractivity contribution < 1.29 is 5.11 Å². The second kappa shape index (κ2) is 4.23. The minimum atomic E-state index is 0.297. The van der Waals surface area contributed by atoms with Crippen molar-refractivity contribution in [1.29, 1.82) is 0 Å². The highest BCUT2D eigenvalue weighted by atomic mass is 16.3. The Labute approximate surface area is 91.5 Å². The van der Waals surface area contributed by atoms with Gasteiger partial charge in [0.05, 0.1) is 0 Å². The van der Waals surface area contributed by atoms with Gasteiger partial charge in [0.1, 0.15) is 0 Å². The van der Waals surface area contributed by atoms with E-state index in [-0.39, 0.29) is 0 Å². The van der Waals surface area contributed by atoms with Crippen molar-refractivity contribution in [1.82, 2.24) is 0 Å². The SMILES string of the molecule is CC1c2ccccc2N(C)CC1CCO. The zero-order valence-electron chi connectivity index (χ0n) is 9.48. The summed E-state index contributed by atoms with van der Waals surface area (Å²) in [5, 5.41) is 9.05. The van der Waals surface area contributed by atoms with Crippen LogP contribution in [-0.2, 0) is 0 Å². The molecule has 1 aliphatic heterocycles. The van der Waals surface area contributed by atoms with Crippen LogP contribution in [0.3, 0.4) is 0 Å². The molecule has 1 aliphatic rings. The van der Waals surface area contributed by atoms with Crippen LogP contribution in [0.25, 0.3) is 0 Å². The van der Waals surface area contributed by atoms with Gasteiger partial charge in [0.15, 0.2) is 0 Å². The Morgan fingerprint density at radius 3 is 2.87 bits per heavy atom. The molecular weight excluding hydrogens is 186 g/mol. The summed E-state index contributed by atoms with van der Waals surface area (Å²) in [6, 6.07) is 8.58. The lowest BCUT2D eigenvalue weighted by molar-refractivity contribution is 0.244. The molecule has 1 N–H and O–H groups in total. The van der Waals surface area contributed by atoms with E-state index in [1.54, 1.807) is 0 Å². The van der Waals surface area contributed by atoms with Gasteiger partial charge in [-0.1, -0.05) is 25.1 Å². The number of rotatable bonds is 2. The zero-order chi connectivity index (χ0) is 10.8. The molecule has 1 heterocycles. The Morgan fingerprint density at radius 2 is 2.13 bits per heavy atom. The third-order valence-electron chi connectivity index (χ3n) is 3.55. The Hall–Kier alpha value is -1.02. The highest BCUT2D eigenvalue weighted by Gasteiger charge is 2.27. The first kappa shape index (κ1) is 10.5. The van der Waals surface area contributed by atoms with Crippen LogP contribution in [0.2, 0.25) is 0 Å². The molecule has 2 unspecified atom stereocenters. The molecular formula is C13H19NO. The van der Waals surface area contributed by atoms with E-state index in [0.29, 0.717) is 18.4 Å². The van der Waals surface area contributed by atoms with E-state index in [0.717, 1.165) is 13.0 Å². The van der Waals surface area contributed by atoms with Crippen LogP contribution in [0.1, 0.15) is 24.8 Å². The monoisotopic (exact) mass is 205 g/mol. The van der Waals surface area contributed by atoms with Crippen LogP contribution in [0.4, 0.5) is 5.69 Å². The fourth-order valence-electron chi connectivity index (χ4n) is 2.59. The molecule has 0 amide bonds. The average Bonchev–Trinajstić information content (AvgIpc) is 2.26. The highest BCUT2D eigenvalue weighted by Crippen LogP contribution is 2.38. The van der Waals surface area contributed by atoms with E-state index >= 15 is 0 Å². The van der Waals surface area contributed by atoms with Crippen molar-refractivity contribution in [2.75, 3.05) is 25.1 Å². The first-order valence-corrected chi connectivity index (χ1v) is 5.65. The second-order valence-electron chi connectivity index (χ2n) is 4.50. The minimum Gasteiger partial charge on any atom is -0.396 e. The Balaban J connectivity index is 2.31. The molecule has 0 aliphatic carbocycles. The van der Waals surface area contributed by atoms with Crippen molar-refractivity contribution in [3.8, 4) is 0 Å². The van der Waals surface area contributed by atoms with Crippen LogP contribution >= 0.6 is 0 Å². The molecule has 2 atom stereocenters. The number of hydrogen-bond donors (Lipinski definition) is 1. The molecule has 82 valence electrons. The highest BCUT2D eigenvalue weighted by molar-refractivity contribution is 5.56. The maximum absolute atomic E-state index is 9.05. The van der Waals surface area contributed by atoms with E-state index in [4.69, 9.17) is 5.11 Å². The lowest BCUT2D eigenvalue weighted by Crippen LogP contribution is -2.34. The predicted octanol–water partition coefficient (Wildman–Crippen LogP) is 2.24.